The molecule has 114 valence electrons. The average molecular weight is 314 g/mol. The predicted molar refractivity (Wildman–Crippen MR) is 89.5 cm³/mol. The minimum atomic E-state index is -1.61. The van der Waals surface area contributed by atoms with Crippen molar-refractivity contribution in [3.05, 3.63) is 65.7 Å². The van der Waals surface area contributed by atoms with E-state index in [9.17, 15) is 9.00 Å². The van der Waals surface area contributed by atoms with E-state index in [1.54, 1.807) is 49.3 Å². The molecule has 5 heteroatoms. The van der Waals surface area contributed by atoms with Crippen LogP contribution in [0.5, 0.6) is 0 Å². The Morgan fingerprint density at radius 1 is 1.00 bits per heavy atom. The largest absolute Gasteiger partial charge is 0.359 e. The lowest BCUT2D eigenvalue weighted by Gasteiger charge is -2.14. The minimum absolute atomic E-state index is 0.174. The third-order valence-electron chi connectivity index (χ3n) is 3.11. The van der Waals surface area contributed by atoms with Crippen molar-refractivity contribution in [1.29, 1.82) is 0 Å². The van der Waals surface area contributed by atoms with Crippen LogP contribution in [-0.4, -0.2) is 34.8 Å². The van der Waals surface area contributed by atoms with Crippen LogP contribution in [0.2, 0.25) is 0 Å². The Balaban J connectivity index is 2.38. The zero-order chi connectivity index (χ0) is 16.1. The number of benzene rings is 2. The molecule has 0 heterocycles. The Labute approximate surface area is 133 Å². The second kappa shape index (κ2) is 7.13. The Hall–Kier alpha value is -2.27. The van der Waals surface area contributed by atoms with Crippen molar-refractivity contribution in [2.45, 2.75) is 11.8 Å². The molecule has 0 aromatic heterocycles. The molecule has 22 heavy (non-hydrogen) atoms. The standard InChI is InChI=1S/C17H18N2O2S/c1-13-9-7-8-12-15(13)22(21)18-17(19(2)3)16(20)14-10-5-4-6-11-14/h4-12H,1-3H3/b18-17-. The molecular weight excluding hydrogens is 296 g/mol. The minimum Gasteiger partial charge on any atom is -0.359 e. The molecule has 0 spiro atoms. The van der Waals surface area contributed by atoms with Gasteiger partial charge in [0, 0.05) is 19.7 Å². The summed E-state index contributed by atoms with van der Waals surface area (Å²) in [5.74, 6) is -0.0691. The fraction of sp³-hybridized carbons (Fsp3) is 0.176. The highest BCUT2D eigenvalue weighted by molar-refractivity contribution is 7.84. The molecule has 4 nitrogen and oxygen atoms in total. The fourth-order valence-corrected chi connectivity index (χ4v) is 2.96. The number of carbonyl (C=O) groups is 1. The molecule has 1 atom stereocenters. The molecule has 0 radical (unpaired) electrons. The summed E-state index contributed by atoms with van der Waals surface area (Å²) in [5.41, 5.74) is 1.41. The van der Waals surface area contributed by atoms with E-state index in [0.717, 1.165) is 5.56 Å². The highest BCUT2D eigenvalue weighted by Gasteiger charge is 2.18. The van der Waals surface area contributed by atoms with Gasteiger partial charge in [-0.3, -0.25) is 4.79 Å². The lowest BCUT2D eigenvalue weighted by atomic mass is 10.1. The molecule has 0 aliphatic carbocycles. The highest BCUT2D eigenvalue weighted by atomic mass is 32.2. The second-order valence-electron chi connectivity index (χ2n) is 5.02. The van der Waals surface area contributed by atoms with E-state index in [2.05, 4.69) is 4.40 Å². The first-order valence-corrected chi connectivity index (χ1v) is 7.94. The van der Waals surface area contributed by atoms with Gasteiger partial charge in [-0.15, -0.1) is 0 Å². The van der Waals surface area contributed by atoms with Crippen LogP contribution in [0.15, 0.2) is 63.9 Å². The number of amidine groups is 1. The van der Waals surface area contributed by atoms with Crippen molar-refractivity contribution in [2.24, 2.45) is 4.40 Å². The van der Waals surface area contributed by atoms with E-state index >= 15 is 0 Å². The van der Waals surface area contributed by atoms with Crippen LogP contribution in [0.4, 0.5) is 0 Å². The van der Waals surface area contributed by atoms with E-state index in [0.29, 0.717) is 10.5 Å². The number of aryl methyl sites for hydroxylation is 1. The average Bonchev–Trinajstić information content (AvgIpc) is 2.52. The molecule has 0 aliphatic heterocycles. The molecule has 0 N–H and O–H groups in total. The van der Waals surface area contributed by atoms with Crippen molar-refractivity contribution < 1.29 is 9.00 Å². The van der Waals surface area contributed by atoms with E-state index in [-0.39, 0.29) is 11.6 Å². The summed E-state index contributed by atoms with van der Waals surface area (Å²) in [7, 11) is 1.82. The summed E-state index contributed by atoms with van der Waals surface area (Å²) < 4.78 is 16.6. The molecule has 0 saturated heterocycles. The first-order chi connectivity index (χ1) is 10.5. The van der Waals surface area contributed by atoms with Crippen LogP contribution in [0.25, 0.3) is 0 Å². The summed E-state index contributed by atoms with van der Waals surface area (Å²) in [4.78, 5) is 14.7. The molecule has 1 unspecified atom stereocenters. The summed E-state index contributed by atoms with van der Waals surface area (Å²) in [5, 5.41) is 0. The number of ketones is 1. The zero-order valence-electron chi connectivity index (χ0n) is 12.8. The topological polar surface area (TPSA) is 49.7 Å². The predicted octanol–water partition coefficient (Wildman–Crippen LogP) is 2.86. The normalized spacial score (nSPS) is 12.8. The van der Waals surface area contributed by atoms with Crippen LogP contribution in [0, 0.1) is 6.92 Å². The quantitative estimate of drug-likeness (QED) is 0.495. The third-order valence-corrected chi connectivity index (χ3v) is 4.29. The van der Waals surface area contributed by atoms with Gasteiger partial charge in [0.1, 0.15) is 0 Å². The summed E-state index contributed by atoms with van der Waals surface area (Å²) in [6, 6.07) is 16.2. The molecule has 2 aromatic carbocycles. The van der Waals surface area contributed by atoms with Gasteiger partial charge >= 0.3 is 0 Å². The van der Waals surface area contributed by atoms with Gasteiger partial charge < -0.3 is 4.90 Å². The van der Waals surface area contributed by atoms with Crippen molar-refractivity contribution >= 4 is 22.6 Å². The molecule has 0 aliphatic rings. The van der Waals surface area contributed by atoms with Gasteiger partial charge in [-0.2, -0.15) is 4.40 Å². The second-order valence-corrected chi connectivity index (χ2v) is 6.14. The molecule has 0 bridgehead atoms. The van der Waals surface area contributed by atoms with Crippen molar-refractivity contribution in [3.63, 3.8) is 0 Å². The molecular formula is C17H18N2O2S. The maximum absolute atomic E-state index is 12.5. The van der Waals surface area contributed by atoms with Gasteiger partial charge in [0.2, 0.25) is 5.78 Å². The Morgan fingerprint density at radius 3 is 2.18 bits per heavy atom. The van der Waals surface area contributed by atoms with Gasteiger partial charge in [-0.1, -0.05) is 48.5 Å². The SMILES string of the molecule is Cc1ccccc1S(=O)/N=C(/C(=O)c1ccccc1)N(C)C. The number of rotatable bonds is 4. The summed E-state index contributed by atoms with van der Waals surface area (Å²) >= 11 is 0. The van der Waals surface area contributed by atoms with Crippen LogP contribution in [0.1, 0.15) is 15.9 Å². The Bertz CT molecular complexity index is 724. The molecule has 0 amide bonds. The van der Waals surface area contributed by atoms with Gasteiger partial charge in [0.15, 0.2) is 16.8 Å². The highest BCUT2D eigenvalue weighted by Crippen LogP contribution is 2.14. The number of carbonyl (C=O) groups excluding carboxylic acids is 1. The number of hydrogen-bond donors (Lipinski definition) is 0. The number of nitrogens with zero attached hydrogens (tertiary/aromatic N) is 2. The first kappa shape index (κ1) is 16.1. The lowest BCUT2D eigenvalue weighted by Crippen LogP contribution is -2.30. The van der Waals surface area contributed by atoms with Crippen molar-refractivity contribution in [2.75, 3.05) is 14.1 Å². The lowest BCUT2D eigenvalue weighted by molar-refractivity contribution is 0.105. The number of hydrogen-bond acceptors (Lipinski definition) is 2. The fourth-order valence-electron chi connectivity index (χ4n) is 1.92. The van der Waals surface area contributed by atoms with Crippen LogP contribution >= 0.6 is 0 Å². The van der Waals surface area contributed by atoms with Crippen LogP contribution < -0.4 is 0 Å². The zero-order valence-corrected chi connectivity index (χ0v) is 13.6. The van der Waals surface area contributed by atoms with Gasteiger partial charge in [0.05, 0.1) is 4.90 Å². The Kier molecular flexibility index (Phi) is 5.22. The molecule has 0 saturated carbocycles. The van der Waals surface area contributed by atoms with E-state index < -0.39 is 11.0 Å². The maximum atomic E-state index is 12.5. The third kappa shape index (κ3) is 3.68. The first-order valence-electron chi connectivity index (χ1n) is 6.84. The van der Waals surface area contributed by atoms with Gasteiger partial charge in [-0.05, 0) is 18.6 Å². The smallest absolute Gasteiger partial charge is 0.228 e. The van der Waals surface area contributed by atoms with Crippen molar-refractivity contribution in [3.8, 4) is 0 Å². The Morgan fingerprint density at radius 2 is 1.59 bits per heavy atom. The van der Waals surface area contributed by atoms with Gasteiger partial charge in [0.25, 0.3) is 0 Å². The van der Waals surface area contributed by atoms with Crippen LogP contribution in [-0.2, 0) is 11.0 Å². The van der Waals surface area contributed by atoms with E-state index in [1.807, 2.05) is 31.2 Å². The van der Waals surface area contributed by atoms with E-state index in [4.69, 9.17) is 0 Å². The number of Topliss-reactive ketones (excluding diaryl/α,β-unsaturated/α-hetero) is 1. The summed E-state index contributed by atoms with van der Waals surface area (Å²) in [6.45, 7) is 1.87. The van der Waals surface area contributed by atoms with Gasteiger partial charge in [-0.25, -0.2) is 4.21 Å². The number of likely N-dealkylation sites (N-methyl/N-ethyl adjacent to an activating group) is 1. The summed E-state index contributed by atoms with van der Waals surface area (Å²) in [6.07, 6.45) is 0. The van der Waals surface area contributed by atoms with Crippen molar-refractivity contribution in [1.82, 2.24) is 4.90 Å². The molecule has 2 aromatic rings. The molecule has 0 fully saturated rings. The van der Waals surface area contributed by atoms with Crippen LogP contribution in [0.3, 0.4) is 0 Å². The van der Waals surface area contributed by atoms with E-state index in [1.165, 1.54) is 0 Å². The maximum Gasteiger partial charge on any atom is 0.228 e. The molecule has 2 rings (SSSR count). The monoisotopic (exact) mass is 314 g/mol.